The average molecular weight is 357 g/mol. The predicted molar refractivity (Wildman–Crippen MR) is 61.1 cm³/mol. The van der Waals surface area contributed by atoms with Crippen LogP contribution in [-0.2, 0) is 4.74 Å². The fraction of sp³-hybridized carbons (Fsp3) is 1.00. The molecule has 0 aromatic carbocycles. The lowest BCUT2D eigenvalue weighted by atomic mass is 9.62. The van der Waals surface area contributed by atoms with Gasteiger partial charge in [0.1, 0.15) is 0 Å². The molecule has 19 heavy (non-hydrogen) atoms. The van der Waals surface area contributed by atoms with Gasteiger partial charge in [-0.1, -0.05) is 29.8 Å². The maximum Gasteiger partial charge on any atom is 0.423 e. The molecule has 0 bridgehead atoms. The van der Waals surface area contributed by atoms with E-state index < -0.39 is 30.0 Å². The Labute approximate surface area is 115 Å². The second-order valence-corrected chi connectivity index (χ2v) is 5.84. The molecule has 0 radical (unpaired) electrons. The number of ether oxygens (including phenoxy) is 1. The van der Waals surface area contributed by atoms with Crippen LogP contribution >= 0.6 is 15.9 Å². The van der Waals surface area contributed by atoms with Gasteiger partial charge in [0, 0.05) is 10.2 Å². The first-order chi connectivity index (χ1) is 8.49. The molecule has 1 rings (SSSR count). The molecule has 0 saturated heterocycles. The van der Waals surface area contributed by atoms with Crippen molar-refractivity contribution in [3.63, 3.8) is 0 Å². The summed E-state index contributed by atoms with van der Waals surface area (Å²) in [5.41, 5.74) is -0.658. The first-order valence-corrected chi connectivity index (χ1v) is 6.83. The summed E-state index contributed by atoms with van der Waals surface area (Å²) in [6.07, 6.45) is -14.5. The molecule has 2 atom stereocenters. The molecular weight excluding hydrogens is 342 g/mol. The second-order valence-electron chi connectivity index (χ2n) is 4.73. The van der Waals surface area contributed by atoms with Crippen LogP contribution in [0, 0.1) is 5.41 Å². The molecule has 1 aliphatic rings. The van der Waals surface area contributed by atoms with E-state index in [1.54, 1.807) is 13.8 Å². The number of hydrogen-bond donors (Lipinski definition) is 0. The van der Waals surface area contributed by atoms with Gasteiger partial charge in [-0.2, -0.15) is 26.3 Å². The van der Waals surface area contributed by atoms with Gasteiger partial charge in [-0.3, -0.25) is 0 Å². The van der Waals surface area contributed by atoms with E-state index >= 15 is 0 Å². The van der Waals surface area contributed by atoms with E-state index in [1.165, 1.54) is 0 Å². The maximum atomic E-state index is 12.4. The van der Waals surface area contributed by atoms with Crippen LogP contribution in [0.1, 0.15) is 33.1 Å². The monoisotopic (exact) mass is 356 g/mol. The summed E-state index contributed by atoms with van der Waals surface area (Å²) in [4.78, 5) is -0.109. The van der Waals surface area contributed by atoms with Crippen molar-refractivity contribution in [3.8, 4) is 0 Å². The van der Waals surface area contributed by atoms with E-state index in [0.29, 0.717) is 12.8 Å². The highest BCUT2D eigenvalue weighted by Crippen LogP contribution is 2.54. The summed E-state index contributed by atoms with van der Waals surface area (Å²) in [6, 6.07) is 0. The van der Waals surface area contributed by atoms with Crippen LogP contribution < -0.4 is 0 Å². The number of halogens is 7. The van der Waals surface area contributed by atoms with Crippen LogP contribution in [0.25, 0.3) is 0 Å². The Morgan fingerprint density at radius 2 is 1.53 bits per heavy atom. The maximum absolute atomic E-state index is 12.4. The fourth-order valence-electron chi connectivity index (χ4n) is 2.54. The zero-order valence-electron chi connectivity index (χ0n) is 10.4. The van der Waals surface area contributed by atoms with Gasteiger partial charge in [0.2, 0.25) is 6.10 Å². The third kappa shape index (κ3) is 3.20. The van der Waals surface area contributed by atoms with Crippen molar-refractivity contribution >= 4 is 15.9 Å². The number of hydrogen-bond acceptors (Lipinski definition) is 1. The standard InChI is InChI=1S/C11H15BrF6O/c1-3-9(4-2)6(12)5-7(9)19-8(10(13,14)15)11(16,17)18/h6-8H,3-5H2,1-2H3. The molecule has 1 fully saturated rings. The molecule has 0 aliphatic heterocycles. The Bertz CT molecular complexity index is 295. The molecular formula is C11H15BrF6O. The SMILES string of the molecule is CCC1(CC)C(Br)CC1OC(C(F)(F)F)C(F)(F)F. The Morgan fingerprint density at radius 1 is 1.11 bits per heavy atom. The summed E-state index contributed by atoms with van der Waals surface area (Å²) < 4.78 is 79.0. The molecule has 0 heterocycles. The average Bonchev–Trinajstić information content (AvgIpc) is 2.22. The first kappa shape index (κ1) is 17.1. The molecule has 0 spiro atoms. The molecule has 2 unspecified atom stereocenters. The first-order valence-electron chi connectivity index (χ1n) is 5.92. The van der Waals surface area contributed by atoms with Crippen molar-refractivity contribution in [2.24, 2.45) is 5.41 Å². The minimum Gasteiger partial charge on any atom is -0.357 e. The van der Waals surface area contributed by atoms with Gasteiger partial charge < -0.3 is 4.74 Å². The summed E-state index contributed by atoms with van der Waals surface area (Å²) in [5, 5.41) is 0. The minimum atomic E-state index is -5.44. The summed E-state index contributed by atoms with van der Waals surface area (Å²) in [5.74, 6) is 0. The second kappa shape index (κ2) is 5.42. The highest BCUT2D eigenvalue weighted by Gasteiger charge is 2.62. The van der Waals surface area contributed by atoms with Gasteiger partial charge in [-0.05, 0) is 19.3 Å². The molecule has 0 aromatic heterocycles. The lowest BCUT2D eigenvalue weighted by Gasteiger charge is -2.54. The van der Waals surface area contributed by atoms with E-state index in [2.05, 4.69) is 20.7 Å². The lowest BCUT2D eigenvalue weighted by Crippen LogP contribution is -2.59. The van der Waals surface area contributed by atoms with Gasteiger partial charge in [-0.25, -0.2) is 0 Å². The molecule has 1 saturated carbocycles. The Hall–Kier alpha value is 0.0200. The van der Waals surface area contributed by atoms with Gasteiger partial charge in [0.25, 0.3) is 0 Å². The third-order valence-corrected chi connectivity index (χ3v) is 5.18. The van der Waals surface area contributed by atoms with Gasteiger partial charge in [0.15, 0.2) is 0 Å². The molecule has 0 amide bonds. The topological polar surface area (TPSA) is 9.23 Å². The minimum absolute atomic E-state index is 0.109. The third-order valence-electron chi connectivity index (χ3n) is 3.90. The van der Waals surface area contributed by atoms with Crippen LogP contribution in [0.3, 0.4) is 0 Å². The Morgan fingerprint density at radius 3 is 1.79 bits per heavy atom. The van der Waals surface area contributed by atoms with E-state index in [9.17, 15) is 26.3 Å². The van der Waals surface area contributed by atoms with Crippen molar-refractivity contribution < 1.29 is 31.1 Å². The Kier molecular flexibility index (Phi) is 4.87. The molecule has 8 heteroatoms. The van der Waals surface area contributed by atoms with Crippen molar-refractivity contribution in [3.05, 3.63) is 0 Å². The van der Waals surface area contributed by atoms with Crippen molar-refractivity contribution in [2.45, 2.75) is 62.5 Å². The molecule has 0 aromatic rings. The van der Waals surface area contributed by atoms with Crippen molar-refractivity contribution in [2.75, 3.05) is 0 Å². The Balaban J connectivity index is 2.88. The molecule has 0 N–H and O–H groups in total. The van der Waals surface area contributed by atoms with E-state index in [4.69, 9.17) is 0 Å². The summed E-state index contributed by atoms with van der Waals surface area (Å²) in [6.45, 7) is 3.48. The number of alkyl halides is 7. The summed E-state index contributed by atoms with van der Waals surface area (Å²) >= 11 is 3.29. The number of rotatable bonds is 4. The smallest absolute Gasteiger partial charge is 0.357 e. The van der Waals surface area contributed by atoms with Crippen molar-refractivity contribution in [1.82, 2.24) is 0 Å². The normalized spacial score (nSPS) is 27.5. The largest absolute Gasteiger partial charge is 0.423 e. The highest BCUT2D eigenvalue weighted by atomic mass is 79.9. The van der Waals surface area contributed by atoms with Crippen molar-refractivity contribution in [1.29, 1.82) is 0 Å². The molecule has 1 aliphatic carbocycles. The van der Waals surface area contributed by atoms with Crippen LogP contribution in [0.2, 0.25) is 0 Å². The van der Waals surface area contributed by atoms with Crippen LogP contribution in [0.15, 0.2) is 0 Å². The molecule has 114 valence electrons. The van der Waals surface area contributed by atoms with E-state index in [1.807, 2.05) is 0 Å². The fourth-order valence-corrected chi connectivity index (χ4v) is 3.82. The molecule has 1 nitrogen and oxygen atoms in total. The van der Waals surface area contributed by atoms with E-state index in [0.717, 1.165) is 0 Å². The predicted octanol–water partition coefficient (Wildman–Crippen LogP) is 4.84. The lowest BCUT2D eigenvalue weighted by molar-refractivity contribution is -0.345. The van der Waals surface area contributed by atoms with Gasteiger partial charge in [0.05, 0.1) is 6.10 Å². The van der Waals surface area contributed by atoms with Crippen LogP contribution in [-0.4, -0.2) is 29.4 Å². The van der Waals surface area contributed by atoms with Crippen LogP contribution in [0.4, 0.5) is 26.3 Å². The summed E-state index contributed by atoms with van der Waals surface area (Å²) in [7, 11) is 0. The van der Waals surface area contributed by atoms with Gasteiger partial charge >= 0.3 is 12.4 Å². The van der Waals surface area contributed by atoms with Crippen LogP contribution in [0.5, 0.6) is 0 Å². The van der Waals surface area contributed by atoms with E-state index in [-0.39, 0.29) is 11.2 Å². The zero-order chi connectivity index (χ0) is 15.1. The van der Waals surface area contributed by atoms with Gasteiger partial charge in [-0.15, -0.1) is 0 Å². The quantitative estimate of drug-likeness (QED) is 0.517. The zero-order valence-corrected chi connectivity index (χ0v) is 12.0. The highest BCUT2D eigenvalue weighted by molar-refractivity contribution is 9.09.